The Morgan fingerprint density at radius 1 is 1.33 bits per heavy atom. The Balaban J connectivity index is 2.11. The molecule has 0 heterocycles. The number of Topliss-reactive ketones (excluding diaryl/α,β-unsaturated/α-hetero) is 1. The van der Waals surface area contributed by atoms with E-state index >= 15 is 0 Å². The van der Waals surface area contributed by atoms with E-state index in [4.69, 9.17) is 0 Å². The fourth-order valence-corrected chi connectivity index (χ4v) is 2.63. The Morgan fingerprint density at radius 3 is 2.61 bits per heavy atom. The van der Waals surface area contributed by atoms with Crippen molar-refractivity contribution in [3.8, 4) is 0 Å². The third kappa shape index (κ3) is 3.30. The van der Waals surface area contributed by atoms with Crippen LogP contribution in [-0.4, -0.2) is 31.3 Å². The molecule has 0 radical (unpaired) electrons. The topological polar surface area (TPSA) is 20.3 Å². The highest BCUT2D eigenvalue weighted by Crippen LogP contribution is 2.29. The predicted octanol–water partition coefficient (Wildman–Crippen LogP) is 3.37. The maximum atomic E-state index is 12.2. The standard InChI is InChI=1S/C15H18BrNO/c1-17(2)10-13-6-5-12(15(13)18)9-11-3-7-14(16)8-4-11/h3-4,7-9,13H,5-6,10H2,1-2H3. The molecule has 18 heavy (non-hydrogen) atoms. The number of hydrogen-bond acceptors (Lipinski definition) is 2. The van der Waals surface area contributed by atoms with E-state index in [0.717, 1.165) is 35.0 Å². The minimum atomic E-state index is 0.182. The zero-order chi connectivity index (χ0) is 13.1. The second kappa shape index (κ2) is 5.81. The van der Waals surface area contributed by atoms with Crippen molar-refractivity contribution in [2.45, 2.75) is 12.8 Å². The first-order chi connectivity index (χ1) is 8.56. The molecule has 1 aliphatic carbocycles. The van der Waals surface area contributed by atoms with E-state index in [-0.39, 0.29) is 5.92 Å². The number of carbonyl (C=O) groups excluding carboxylic acids is 1. The highest BCUT2D eigenvalue weighted by atomic mass is 79.9. The van der Waals surface area contributed by atoms with Crippen LogP contribution in [0.5, 0.6) is 0 Å². The quantitative estimate of drug-likeness (QED) is 0.798. The van der Waals surface area contributed by atoms with Crippen LogP contribution in [0.3, 0.4) is 0 Å². The summed E-state index contributed by atoms with van der Waals surface area (Å²) < 4.78 is 1.06. The van der Waals surface area contributed by atoms with Gasteiger partial charge in [-0.25, -0.2) is 0 Å². The lowest BCUT2D eigenvalue weighted by molar-refractivity contribution is -0.118. The summed E-state index contributed by atoms with van der Waals surface area (Å²) in [5.74, 6) is 0.508. The molecule has 2 nitrogen and oxygen atoms in total. The summed E-state index contributed by atoms with van der Waals surface area (Å²) in [6, 6.07) is 8.07. The minimum Gasteiger partial charge on any atom is -0.309 e. The largest absolute Gasteiger partial charge is 0.309 e. The summed E-state index contributed by atoms with van der Waals surface area (Å²) in [5, 5.41) is 0. The third-order valence-corrected chi connectivity index (χ3v) is 3.77. The van der Waals surface area contributed by atoms with Gasteiger partial charge in [0.15, 0.2) is 5.78 Å². The maximum Gasteiger partial charge on any atom is 0.163 e. The zero-order valence-electron chi connectivity index (χ0n) is 10.8. The van der Waals surface area contributed by atoms with Gasteiger partial charge in [0.2, 0.25) is 0 Å². The molecule has 1 atom stereocenters. The number of nitrogens with zero attached hydrogens (tertiary/aromatic N) is 1. The Hall–Kier alpha value is -0.930. The van der Waals surface area contributed by atoms with Crippen LogP contribution in [0.1, 0.15) is 18.4 Å². The molecule has 0 N–H and O–H groups in total. The van der Waals surface area contributed by atoms with Gasteiger partial charge in [0, 0.05) is 16.9 Å². The molecule has 1 aromatic carbocycles. The van der Waals surface area contributed by atoms with Crippen molar-refractivity contribution in [2.24, 2.45) is 5.92 Å². The zero-order valence-corrected chi connectivity index (χ0v) is 12.4. The molecular weight excluding hydrogens is 290 g/mol. The van der Waals surface area contributed by atoms with Gasteiger partial charge in [-0.2, -0.15) is 0 Å². The van der Waals surface area contributed by atoms with Crippen molar-refractivity contribution in [3.05, 3.63) is 39.9 Å². The number of rotatable bonds is 3. The van der Waals surface area contributed by atoms with Crippen LogP contribution in [-0.2, 0) is 4.79 Å². The Kier molecular flexibility index (Phi) is 4.36. The summed E-state index contributed by atoms with van der Waals surface area (Å²) in [4.78, 5) is 14.3. The van der Waals surface area contributed by atoms with Crippen LogP contribution >= 0.6 is 15.9 Å². The second-order valence-electron chi connectivity index (χ2n) is 5.08. The average molecular weight is 308 g/mol. The fourth-order valence-electron chi connectivity index (χ4n) is 2.36. The average Bonchev–Trinajstić information content (AvgIpc) is 2.64. The Labute approximate surface area is 117 Å². The molecule has 96 valence electrons. The lowest BCUT2D eigenvalue weighted by Crippen LogP contribution is -2.24. The van der Waals surface area contributed by atoms with E-state index in [9.17, 15) is 4.79 Å². The van der Waals surface area contributed by atoms with Crippen LogP contribution < -0.4 is 0 Å². The molecule has 3 heteroatoms. The van der Waals surface area contributed by atoms with Crippen LogP contribution in [0, 0.1) is 5.92 Å². The van der Waals surface area contributed by atoms with E-state index in [1.54, 1.807) is 0 Å². The molecule has 1 aliphatic rings. The van der Waals surface area contributed by atoms with Gasteiger partial charge in [0.25, 0.3) is 0 Å². The van der Waals surface area contributed by atoms with Crippen molar-refractivity contribution in [1.82, 2.24) is 4.90 Å². The number of benzene rings is 1. The number of hydrogen-bond donors (Lipinski definition) is 0. The van der Waals surface area contributed by atoms with Crippen molar-refractivity contribution in [1.29, 1.82) is 0 Å². The molecular formula is C15H18BrNO. The van der Waals surface area contributed by atoms with Gasteiger partial charge >= 0.3 is 0 Å². The Bertz CT molecular complexity index is 462. The number of ketones is 1. The van der Waals surface area contributed by atoms with Gasteiger partial charge in [-0.15, -0.1) is 0 Å². The summed E-state index contributed by atoms with van der Waals surface area (Å²) >= 11 is 3.41. The fraction of sp³-hybridized carbons (Fsp3) is 0.400. The van der Waals surface area contributed by atoms with Crippen LogP contribution in [0.25, 0.3) is 6.08 Å². The van der Waals surface area contributed by atoms with Crippen molar-refractivity contribution < 1.29 is 4.79 Å². The van der Waals surface area contributed by atoms with E-state index < -0.39 is 0 Å². The monoisotopic (exact) mass is 307 g/mol. The summed E-state index contributed by atoms with van der Waals surface area (Å²) in [6.07, 6.45) is 3.93. The van der Waals surface area contributed by atoms with E-state index in [2.05, 4.69) is 20.8 Å². The van der Waals surface area contributed by atoms with Gasteiger partial charge in [-0.05, 0) is 56.3 Å². The van der Waals surface area contributed by atoms with Crippen LogP contribution in [0.2, 0.25) is 0 Å². The van der Waals surface area contributed by atoms with Crippen molar-refractivity contribution in [3.63, 3.8) is 0 Å². The molecule has 1 unspecified atom stereocenters. The highest BCUT2D eigenvalue weighted by molar-refractivity contribution is 9.10. The SMILES string of the molecule is CN(C)CC1CCC(=Cc2ccc(Br)cc2)C1=O. The normalized spacial score (nSPS) is 22.1. The summed E-state index contributed by atoms with van der Waals surface area (Å²) in [7, 11) is 4.04. The predicted molar refractivity (Wildman–Crippen MR) is 78.4 cm³/mol. The lowest BCUT2D eigenvalue weighted by atomic mass is 10.0. The first kappa shape index (κ1) is 13.5. The lowest BCUT2D eigenvalue weighted by Gasteiger charge is -2.13. The van der Waals surface area contributed by atoms with Gasteiger partial charge in [-0.1, -0.05) is 28.1 Å². The van der Waals surface area contributed by atoms with E-state index in [0.29, 0.717) is 5.78 Å². The number of halogens is 1. The number of allylic oxidation sites excluding steroid dienone is 1. The summed E-state index contributed by atoms with van der Waals surface area (Å²) in [6.45, 7) is 0.858. The molecule has 0 bridgehead atoms. The van der Waals surface area contributed by atoms with Gasteiger partial charge in [0.05, 0.1) is 0 Å². The molecule has 1 saturated carbocycles. The molecule has 0 amide bonds. The molecule has 0 aliphatic heterocycles. The van der Waals surface area contributed by atoms with E-state index in [1.807, 2.05) is 44.4 Å². The van der Waals surface area contributed by atoms with Crippen molar-refractivity contribution in [2.75, 3.05) is 20.6 Å². The third-order valence-electron chi connectivity index (χ3n) is 3.25. The Morgan fingerprint density at radius 2 is 2.00 bits per heavy atom. The second-order valence-corrected chi connectivity index (χ2v) is 6.00. The van der Waals surface area contributed by atoms with Crippen LogP contribution in [0.4, 0.5) is 0 Å². The van der Waals surface area contributed by atoms with Crippen molar-refractivity contribution >= 4 is 27.8 Å². The van der Waals surface area contributed by atoms with Gasteiger partial charge in [-0.3, -0.25) is 4.79 Å². The first-order valence-corrected chi connectivity index (χ1v) is 7.00. The summed E-state index contributed by atoms with van der Waals surface area (Å²) in [5.41, 5.74) is 2.08. The number of carbonyl (C=O) groups is 1. The highest BCUT2D eigenvalue weighted by Gasteiger charge is 2.29. The maximum absolute atomic E-state index is 12.2. The molecule has 1 fully saturated rings. The molecule has 0 saturated heterocycles. The van der Waals surface area contributed by atoms with E-state index in [1.165, 1.54) is 0 Å². The molecule has 0 aromatic heterocycles. The smallest absolute Gasteiger partial charge is 0.163 e. The first-order valence-electron chi connectivity index (χ1n) is 6.21. The molecule has 0 spiro atoms. The van der Waals surface area contributed by atoms with Crippen LogP contribution in [0.15, 0.2) is 34.3 Å². The van der Waals surface area contributed by atoms with Gasteiger partial charge < -0.3 is 4.90 Å². The molecule has 2 rings (SSSR count). The molecule has 1 aromatic rings. The minimum absolute atomic E-state index is 0.182. The van der Waals surface area contributed by atoms with Gasteiger partial charge in [0.1, 0.15) is 0 Å².